The standard InChI is InChI=1S/C15H18ClN3O2/c1-9(2)18-5-3-11(8-18)14-17-13(16)12-7-10(15(20)21)4-6-19(12)14/h4,6-7,9,11H,3,5,8H2,1-2H3,(H,20,21). The normalized spacial score (nSPS) is 19.7. The lowest BCUT2D eigenvalue weighted by atomic mass is 10.1. The maximum absolute atomic E-state index is 11.1. The second kappa shape index (κ2) is 5.31. The minimum absolute atomic E-state index is 0.228. The number of nitrogens with zero attached hydrogens (tertiary/aromatic N) is 3. The van der Waals surface area contributed by atoms with E-state index in [4.69, 9.17) is 16.7 Å². The fourth-order valence-electron chi connectivity index (χ4n) is 2.96. The molecule has 21 heavy (non-hydrogen) atoms. The number of carbonyl (C=O) groups is 1. The van der Waals surface area contributed by atoms with Crippen molar-refractivity contribution in [1.82, 2.24) is 14.3 Å². The Labute approximate surface area is 128 Å². The number of hydrogen-bond acceptors (Lipinski definition) is 3. The van der Waals surface area contributed by atoms with Crippen molar-refractivity contribution in [3.05, 3.63) is 34.9 Å². The fourth-order valence-corrected chi connectivity index (χ4v) is 3.19. The first-order valence-corrected chi connectivity index (χ1v) is 7.50. The number of likely N-dealkylation sites (tertiary alicyclic amines) is 1. The zero-order valence-electron chi connectivity index (χ0n) is 12.1. The molecule has 112 valence electrons. The molecule has 0 aromatic carbocycles. The van der Waals surface area contributed by atoms with E-state index in [1.807, 2.05) is 4.40 Å². The van der Waals surface area contributed by atoms with Crippen molar-refractivity contribution in [1.29, 1.82) is 0 Å². The third-order valence-corrected chi connectivity index (χ3v) is 4.47. The molecule has 5 nitrogen and oxygen atoms in total. The van der Waals surface area contributed by atoms with Gasteiger partial charge in [-0.1, -0.05) is 11.6 Å². The number of fused-ring (bicyclic) bond motifs is 1. The van der Waals surface area contributed by atoms with Crippen LogP contribution in [0.4, 0.5) is 0 Å². The van der Waals surface area contributed by atoms with Crippen LogP contribution in [0.15, 0.2) is 18.3 Å². The minimum Gasteiger partial charge on any atom is -0.478 e. The van der Waals surface area contributed by atoms with E-state index in [0.29, 0.717) is 22.6 Å². The highest BCUT2D eigenvalue weighted by Gasteiger charge is 2.29. The third kappa shape index (κ3) is 2.51. The Morgan fingerprint density at radius 3 is 2.90 bits per heavy atom. The van der Waals surface area contributed by atoms with Crippen LogP contribution in [-0.2, 0) is 0 Å². The van der Waals surface area contributed by atoms with Crippen LogP contribution in [-0.4, -0.2) is 44.5 Å². The molecule has 0 saturated carbocycles. The third-order valence-electron chi connectivity index (χ3n) is 4.19. The van der Waals surface area contributed by atoms with E-state index in [1.54, 1.807) is 18.3 Å². The highest BCUT2D eigenvalue weighted by molar-refractivity contribution is 6.32. The summed E-state index contributed by atoms with van der Waals surface area (Å²) in [6.07, 6.45) is 2.80. The summed E-state index contributed by atoms with van der Waals surface area (Å²) in [4.78, 5) is 18.0. The van der Waals surface area contributed by atoms with Gasteiger partial charge in [0, 0.05) is 24.7 Å². The predicted octanol–water partition coefficient (Wildman–Crippen LogP) is 2.88. The van der Waals surface area contributed by atoms with Crippen molar-refractivity contribution in [2.45, 2.75) is 32.2 Å². The Morgan fingerprint density at radius 1 is 1.52 bits per heavy atom. The second-order valence-corrected chi connectivity index (χ2v) is 6.17. The van der Waals surface area contributed by atoms with Crippen LogP contribution in [0.3, 0.4) is 0 Å². The van der Waals surface area contributed by atoms with Crippen molar-refractivity contribution in [3.63, 3.8) is 0 Å². The van der Waals surface area contributed by atoms with E-state index < -0.39 is 5.97 Å². The Morgan fingerprint density at radius 2 is 2.29 bits per heavy atom. The summed E-state index contributed by atoms with van der Waals surface area (Å²) in [7, 11) is 0. The van der Waals surface area contributed by atoms with Gasteiger partial charge in [-0.2, -0.15) is 0 Å². The average Bonchev–Trinajstić information content (AvgIpc) is 3.04. The Bertz CT molecular complexity index is 696. The SMILES string of the molecule is CC(C)N1CCC(c2nc(Cl)c3cc(C(=O)O)ccn23)C1. The molecule has 3 heterocycles. The van der Waals surface area contributed by atoms with E-state index in [0.717, 1.165) is 25.3 Å². The van der Waals surface area contributed by atoms with E-state index >= 15 is 0 Å². The molecular weight excluding hydrogens is 290 g/mol. The van der Waals surface area contributed by atoms with Crippen LogP contribution in [0.1, 0.15) is 42.4 Å². The molecule has 1 aliphatic rings. The number of halogens is 1. The zero-order valence-corrected chi connectivity index (χ0v) is 12.8. The first kappa shape index (κ1) is 14.4. The van der Waals surface area contributed by atoms with Crippen molar-refractivity contribution in [2.75, 3.05) is 13.1 Å². The summed E-state index contributed by atoms with van der Waals surface area (Å²) in [5.74, 6) is 0.307. The fraction of sp³-hybridized carbons (Fsp3) is 0.467. The largest absolute Gasteiger partial charge is 0.478 e. The molecule has 3 rings (SSSR count). The zero-order chi connectivity index (χ0) is 15.1. The molecule has 1 unspecified atom stereocenters. The second-order valence-electron chi connectivity index (χ2n) is 5.81. The number of aromatic nitrogens is 2. The Kier molecular flexibility index (Phi) is 3.63. The summed E-state index contributed by atoms with van der Waals surface area (Å²) in [6.45, 7) is 6.41. The van der Waals surface area contributed by atoms with Crippen molar-refractivity contribution in [2.24, 2.45) is 0 Å². The van der Waals surface area contributed by atoms with Crippen molar-refractivity contribution < 1.29 is 9.90 Å². The molecule has 1 aliphatic heterocycles. The lowest BCUT2D eigenvalue weighted by Crippen LogP contribution is -2.28. The highest BCUT2D eigenvalue weighted by atomic mass is 35.5. The number of carboxylic acids is 1. The minimum atomic E-state index is -0.955. The summed E-state index contributed by atoms with van der Waals surface area (Å²) in [5, 5.41) is 9.44. The smallest absolute Gasteiger partial charge is 0.335 e. The van der Waals surface area contributed by atoms with Crippen molar-refractivity contribution in [3.8, 4) is 0 Å². The summed E-state index contributed by atoms with van der Waals surface area (Å²) in [6, 6.07) is 3.69. The van der Waals surface area contributed by atoms with Gasteiger partial charge in [0.05, 0.1) is 11.1 Å². The molecule has 1 saturated heterocycles. The van der Waals surface area contributed by atoms with Gasteiger partial charge in [0.25, 0.3) is 0 Å². The molecule has 6 heteroatoms. The number of carboxylic acid groups (broad SMARTS) is 1. The first-order valence-electron chi connectivity index (χ1n) is 7.12. The van der Waals surface area contributed by atoms with Gasteiger partial charge in [-0.15, -0.1) is 0 Å². The quantitative estimate of drug-likeness (QED) is 0.947. The summed E-state index contributed by atoms with van der Waals surface area (Å²) >= 11 is 6.19. The van der Waals surface area contributed by atoms with Gasteiger partial charge in [0.1, 0.15) is 5.82 Å². The van der Waals surface area contributed by atoms with Gasteiger partial charge < -0.3 is 14.4 Å². The molecule has 1 atom stereocenters. The molecule has 1 N–H and O–H groups in total. The summed E-state index contributed by atoms with van der Waals surface area (Å²) < 4.78 is 1.92. The Balaban J connectivity index is 1.99. The van der Waals surface area contributed by atoms with E-state index in [9.17, 15) is 4.79 Å². The molecule has 0 spiro atoms. The molecule has 2 aromatic rings. The molecule has 1 fully saturated rings. The van der Waals surface area contributed by atoms with Gasteiger partial charge in [-0.3, -0.25) is 0 Å². The van der Waals surface area contributed by atoms with Gasteiger partial charge in [-0.05, 0) is 38.9 Å². The molecule has 0 radical (unpaired) electrons. The predicted molar refractivity (Wildman–Crippen MR) is 81.2 cm³/mol. The lowest BCUT2D eigenvalue weighted by molar-refractivity contribution is 0.0697. The van der Waals surface area contributed by atoms with Crippen LogP contribution in [0.25, 0.3) is 5.52 Å². The maximum atomic E-state index is 11.1. The van der Waals surface area contributed by atoms with Gasteiger partial charge in [0.15, 0.2) is 5.15 Å². The van der Waals surface area contributed by atoms with Crippen LogP contribution in [0, 0.1) is 0 Å². The van der Waals surface area contributed by atoms with E-state index in [1.165, 1.54) is 0 Å². The van der Waals surface area contributed by atoms with Crippen molar-refractivity contribution >= 4 is 23.1 Å². The number of pyridine rings is 1. The summed E-state index contributed by atoms with van der Waals surface area (Å²) in [5.41, 5.74) is 0.889. The topological polar surface area (TPSA) is 57.8 Å². The molecule has 0 amide bonds. The number of hydrogen-bond donors (Lipinski definition) is 1. The number of rotatable bonds is 3. The van der Waals surface area contributed by atoms with Crippen LogP contribution in [0.2, 0.25) is 5.15 Å². The number of imidazole rings is 1. The number of aromatic carboxylic acids is 1. The Hall–Kier alpha value is -1.59. The van der Waals surface area contributed by atoms with E-state index in [2.05, 4.69) is 23.7 Å². The molecule has 0 aliphatic carbocycles. The maximum Gasteiger partial charge on any atom is 0.335 e. The average molecular weight is 308 g/mol. The molecule has 0 bridgehead atoms. The van der Waals surface area contributed by atoms with Gasteiger partial charge in [0.2, 0.25) is 0 Å². The van der Waals surface area contributed by atoms with Gasteiger partial charge >= 0.3 is 5.97 Å². The lowest BCUT2D eigenvalue weighted by Gasteiger charge is -2.19. The van der Waals surface area contributed by atoms with Crippen LogP contribution < -0.4 is 0 Å². The monoisotopic (exact) mass is 307 g/mol. The first-order chi connectivity index (χ1) is 9.97. The van der Waals surface area contributed by atoms with Crippen LogP contribution >= 0.6 is 11.6 Å². The molecule has 2 aromatic heterocycles. The van der Waals surface area contributed by atoms with Gasteiger partial charge in [-0.25, -0.2) is 9.78 Å². The van der Waals surface area contributed by atoms with E-state index in [-0.39, 0.29) is 5.56 Å². The highest BCUT2D eigenvalue weighted by Crippen LogP contribution is 2.31. The molecular formula is C15H18ClN3O2. The van der Waals surface area contributed by atoms with Crippen LogP contribution in [0.5, 0.6) is 0 Å².